The maximum atomic E-state index is 12.1. The average molecular weight is 277 g/mol. The summed E-state index contributed by atoms with van der Waals surface area (Å²) >= 11 is 0. The molecule has 0 bridgehead atoms. The van der Waals surface area contributed by atoms with Gasteiger partial charge >= 0.3 is 5.97 Å². The number of benzene rings is 1. The number of methoxy groups -OCH3 is 1. The standard InChI is InChI=1S/C15H19NO4/c1-20-12-6-4-5-11(9-12)16-13(17)10-15(14(18)19)7-2-3-8-15/h4-6,9H,2-3,7-8,10H2,1H3,(H,16,17)(H,18,19). The summed E-state index contributed by atoms with van der Waals surface area (Å²) in [6.45, 7) is 0. The van der Waals surface area contributed by atoms with E-state index in [1.165, 1.54) is 0 Å². The molecule has 1 fully saturated rings. The van der Waals surface area contributed by atoms with E-state index in [-0.39, 0.29) is 12.3 Å². The van der Waals surface area contributed by atoms with Crippen LogP contribution in [-0.2, 0) is 9.59 Å². The third-order valence-corrected chi connectivity index (χ3v) is 3.87. The van der Waals surface area contributed by atoms with Crippen molar-refractivity contribution < 1.29 is 19.4 Å². The number of carbonyl (C=O) groups excluding carboxylic acids is 1. The highest BCUT2D eigenvalue weighted by Crippen LogP contribution is 2.41. The van der Waals surface area contributed by atoms with Crippen LogP contribution >= 0.6 is 0 Å². The summed E-state index contributed by atoms with van der Waals surface area (Å²) in [6, 6.07) is 7.02. The van der Waals surface area contributed by atoms with E-state index >= 15 is 0 Å². The Hall–Kier alpha value is -2.04. The summed E-state index contributed by atoms with van der Waals surface area (Å²) in [6.07, 6.45) is 2.93. The van der Waals surface area contributed by atoms with Crippen LogP contribution < -0.4 is 10.1 Å². The van der Waals surface area contributed by atoms with E-state index in [0.717, 1.165) is 12.8 Å². The van der Waals surface area contributed by atoms with Crippen molar-refractivity contribution in [3.63, 3.8) is 0 Å². The highest BCUT2D eigenvalue weighted by molar-refractivity contribution is 5.94. The summed E-state index contributed by atoms with van der Waals surface area (Å²) in [5, 5.41) is 12.1. The van der Waals surface area contributed by atoms with Gasteiger partial charge in [0, 0.05) is 18.2 Å². The molecule has 0 spiro atoms. The predicted octanol–water partition coefficient (Wildman–Crippen LogP) is 2.67. The molecule has 5 nitrogen and oxygen atoms in total. The molecule has 2 rings (SSSR count). The largest absolute Gasteiger partial charge is 0.497 e. The van der Waals surface area contributed by atoms with Gasteiger partial charge in [0.2, 0.25) is 5.91 Å². The lowest BCUT2D eigenvalue weighted by Crippen LogP contribution is -2.32. The number of carboxylic acid groups (broad SMARTS) is 1. The number of aliphatic carboxylic acids is 1. The van der Waals surface area contributed by atoms with Crippen molar-refractivity contribution in [1.82, 2.24) is 0 Å². The summed E-state index contributed by atoms with van der Waals surface area (Å²) in [5.74, 6) is -0.477. The second-order valence-electron chi connectivity index (χ2n) is 5.25. The van der Waals surface area contributed by atoms with Crippen molar-refractivity contribution in [2.45, 2.75) is 32.1 Å². The number of nitrogens with one attached hydrogen (secondary N) is 1. The van der Waals surface area contributed by atoms with E-state index in [1.54, 1.807) is 31.4 Å². The molecule has 0 radical (unpaired) electrons. The van der Waals surface area contributed by atoms with Crippen LogP contribution in [0.3, 0.4) is 0 Å². The van der Waals surface area contributed by atoms with Crippen LogP contribution in [0.4, 0.5) is 5.69 Å². The molecule has 0 unspecified atom stereocenters. The van der Waals surface area contributed by atoms with Gasteiger partial charge < -0.3 is 15.2 Å². The zero-order valence-electron chi connectivity index (χ0n) is 11.5. The normalized spacial score (nSPS) is 16.6. The first-order valence-corrected chi connectivity index (χ1v) is 6.73. The van der Waals surface area contributed by atoms with Crippen molar-refractivity contribution in [2.75, 3.05) is 12.4 Å². The monoisotopic (exact) mass is 277 g/mol. The molecule has 1 aromatic rings. The molecule has 1 amide bonds. The van der Waals surface area contributed by atoms with Gasteiger partial charge in [0.25, 0.3) is 0 Å². The number of hydrogen-bond acceptors (Lipinski definition) is 3. The Morgan fingerprint density at radius 3 is 2.65 bits per heavy atom. The zero-order valence-corrected chi connectivity index (χ0v) is 11.5. The van der Waals surface area contributed by atoms with Crippen LogP contribution in [0.15, 0.2) is 24.3 Å². The molecule has 1 aromatic carbocycles. The van der Waals surface area contributed by atoms with Crippen LogP contribution in [0, 0.1) is 5.41 Å². The lowest BCUT2D eigenvalue weighted by atomic mass is 9.82. The fourth-order valence-corrected chi connectivity index (χ4v) is 2.73. The maximum Gasteiger partial charge on any atom is 0.310 e. The molecule has 2 N–H and O–H groups in total. The third kappa shape index (κ3) is 3.10. The van der Waals surface area contributed by atoms with Crippen LogP contribution in [-0.4, -0.2) is 24.1 Å². The molecule has 0 aromatic heterocycles. The highest BCUT2D eigenvalue weighted by Gasteiger charge is 2.42. The average Bonchev–Trinajstić information content (AvgIpc) is 2.88. The van der Waals surface area contributed by atoms with E-state index in [1.807, 2.05) is 0 Å². The minimum atomic E-state index is -0.886. The van der Waals surface area contributed by atoms with Crippen LogP contribution in [0.2, 0.25) is 0 Å². The molecule has 0 atom stereocenters. The maximum absolute atomic E-state index is 12.1. The Balaban J connectivity index is 2.02. The molecule has 0 saturated heterocycles. The van der Waals surface area contributed by atoms with E-state index < -0.39 is 11.4 Å². The number of amides is 1. The van der Waals surface area contributed by atoms with Gasteiger partial charge in [-0.25, -0.2) is 0 Å². The number of carboxylic acids is 1. The number of carbonyl (C=O) groups is 2. The summed E-state index contributed by atoms with van der Waals surface area (Å²) in [5.41, 5.74) is -0.268. The van der Waals surface area contributed by atoms with E-state index in [0.29, 0.717) is 24.3 Å². The number of hydrogen-bond donors (Lipinski definition) is 2. The van der Waals surface area contributed by atoms with E-state index in [2.05, 4.69) is 5.32 Å². The summed E-state index contributed by atoms with van der Waals surface area (Å²) in [7, 11) is 1.55. The molecule has 1 aliphatic carbocycles. The molecule has 1 saturated carbocycles. The van der Waals surface area contributed by atoms with Crippen LogP contribution in [0.1, 0.15) is 32.1 Å². The third-order valence-electron chi connectivity index (χ3n) is 3.87. The first kappa shape index (κ1) is 14.4. The minimum Gasteiger partial charge on any atom is -0.497 e. The van der Waals surface area contributed by atoms with Gasteiger partial charge in [0.15, 0.2) is 0 Å². The predicted molar refractivity (Wildman–Crippen MR) is 74.8 cm³/mol. The fraction of sp³-hybridized carbons (Fsp3) is 0.467. The van der Waals surface area contributed by atoms with Crippen LogP contribution in [0.25, 0.3) is 0 Å². The second kappa shape index (κ2) is 5.94. The smallest absolute Gasteiger partial charge is 0.310 e. The fourth-order valence-electron chi connectivity index (χ4n) is 2.73. The minimum absolute atomic E-state index is 0.0273. The Kier molecular flexibility index (Phi) is 4.27. The topological polar surface area (TPSA) is 75.6 Å². The second-order valence-corrected chi connectivity index (χ2v) is 5.25. The van der Waals surface area contributed by atoms with Gasteiger partial charge in [-0.1, -0.05) is 18.9 Å². The van der Waals surface area contributed by atoms with Crippen molar-refractivity contribution in [2.24, 2.45) is 5.41 Å². The Labute approximate surface area is 117 Å². The van der Waals surface area contributed by atoms with Crippen molar-refractivity contribution in [1.29, 1.82) is 0 Å². The summed E-state index contributed by atoms with van der Waals surface area (Å²) in [4.78, 5) is 23.5. The summed E-state index contributed by atoms with van der Waals surface area (Å²) < 4.78 is 5.08. The van der Waals surface area contributed by atoms with Crippen molar-refractivity contribution in [3.05, 3.63) is 24.3 Å². The van der Waals surface area contributed by atoms with Crippen molar-refractivity contribution >= 4 is 17.6 Å². The number of rotatable bonds is 5. The molecular weight excluding hydrogens is 258 g/mol. The zero-order chi connectivity index (χ0) is 14.6. The molecule has 20 heavy (non-hydrogen) atoms. The van der Waals surface area contributed by atoms with Gasteiger partial charge in [-0.3, -0.25) is 9.59 Å². The SMILES string of the molecule is COc1cccc(NC(=O)CC2(C(=O)O)CCCC2)c1. The van der Waals surface area contributed by atoms with Crippen molar-refractivity contribution in [3.8, 4) is 5.75 Å². The molecule has 108 valence electrons. The van der Waals surface area contributed by atoms with Crippen LogP contribution in [0.5, 0.6) is 5.75 Å². The molecule has 0 aliphatic heterocycles. The quantitative estimate of drug-likeness (QED) is 0.867. The van der Waals surface area contributed by atoms with E-state index in [4.69, 9.17) is 4.74 Å². The Morgan fingerprint density at radius 1 is 1.35 bits per heavy atom. The first-order chi connectivity index (χ1) is 9.55. The number of ether oxygens (including phenoxy) is 1. The molecule has 0 heterocycles. The highest BCUT2D eigenvalue weighted by atomic mass is 16.5. The van der Waals surface area contributed by atoms with Gasteiger partial charge in [0.05, 0.1) is 12.5 Å². The molecular formula is C15H19NO4. The van der Waals surface area contributed by atoms with Gasteiger partial charge in [-0.05, 0) is 25.0 Å². The number of anilines is 1. The Morgan fingerprint density at radius 2 is 2.05 bits per heavy atom. The Bertz CT molecular complexity index is 506. The van der Waals surface area contributed by atoms with E-state index in [9.17, 15) is 14.7 Å². The van der Waals surface area contributed by atoms with Gasteiger partial charge in [-0.2, -0.15) is 0 Å². The van der Waals surface area contributed by atoms with Gasteiger partial charge in [-0.15, -0.1) is 0 Å². The lowest BCUT2D eigenvalue weighted by molar-refractivity contribution is -0.150. The molecule has 5 heteroatoms. The molecule has 1 aliphatic rings. The lowest BCUT2D eigenvalue weighted by Gasteiger charge is -2.22. The first-order valence-electron chi connectivity index (χ1n) is 6.73. The van der Waals surface area contributed by atoms with Gasteiger partial charge in [0.1, 0.15) is 5.75 Å².